The molecule has 5 rings (SSSR count). The minimum Gasteiger partial charge on any atom is -0.406 e. The fourth-order valence-corrected chi connectivity index (χ4v) is 5.59. The fourth-order valence-electron chi connectivity index (χ4n) is 4.71. The van der Waals surface area contributed by atoms with E-state index in [-0.39, 0.29) is 18.2 Å². The van der Waals surface area contributed by atoms with E-state index in [0.717, 1.165) is 12.1 Å². The minimum atomic E-state index is -5.10. The number of nitrogens with zero attached hydrogens (tertiary/aromatic N) is 6. The molecule has 2 N–H and O–H groups in total. The largest absolute Gasteiger partial charge is 0.573 e. The van der Waals surface area contributed by atoms with Gasteiger partial charge in [0.2, 0.25) is 12.3 Å². The van der Waals surface area contributed by atoms with Crippen LogP contribution in [0.4, 0.5) is 45.2 Å². The molecule has 2 atom stereocenters. The zero-order chi connectivity index (χ0) is 36.6. The normalized spacial score (nSPS) is 16.4. The number of benzene rings is 3. The van der Waals surface area contributed by atoms with Gasteiger partial charge in [0, 0.05) is 18.7 Å². The van der Waals surface area contributed by atoms with E-state index in [0.29, 0.717) is 39.3 Å². The number of amidine groups is 1. The van der Waals surface area contributed by atoms with Gasteiger partial charge in [0.1, 0.15) is 12.1 Å². The van der Waals surface area contributed by atoms with Gasteiger partial charge in [-0.15, -0.1) is 18.3 Å². The van der Waals surface area contributed by atoms with E-state index in [1.807, 2.05) is 0 Å². The lowest BCUT2D eigenvalue weighted by molar-refractivity contribution is -0.274. The number of nitrogens with one attached hydrogen (secondary N) is 1. The Hall–Kier alpha value is -4.66. The van der Waals surface area contributed by atoms with Gasteiger partial charge >= 0.3 is 18.7 Å². The van der Waals surface area contributed by atoms with Crippen LogP contribution in [0.1, 0.15) is 29.7 Å². The van der Waals surface area contributed by atoms with Crippen LogP contribution in [0.15, 0.2) is 78.0 Å². The lowest BCUT2D eigenvalue weighted by Crippen LogP contribution is -2.43. The number of aromatic nitrogens is 3. The Labute approximate surface area is 281 Å². The molecule has 4 aromatic rings. The van der Waals surface area contributed by atoms with Crippen molar-refractivity contribution in [3.63, 3.8) is 0 Å². The maximum Gasteiger partial charge on any atom is 0.573 e. The fraction of sp³-hybridized carbons (Fsp3) is 0.267. The first kappa shape index (κ1) is 36.6. The number of halogens is 9. The van der Waals surface area contributed by atoms with Crippen molar-refractivity contribution in [2.45, 2.75) is 38.0 Å². The molecule has 2 unspecified atom stereocenters. The maximum absolute atomic E-state index is 13.7. The van der Waals surface area contributed by atoms with Crippen LogP contribution in [0.25, 0.3) is 17.1 Å². The van der Waals surface area contributed by atoms with Crippen molar-refractivity contribution in [3.8, 4) is 22.8 Å². The molecule has 2 heterocycles. The molecule has 50 heavy (non-hydrogen) atoms. The summed E-state index contributed by atoms with van der Waals surface area (Å²) in [4.78, 5) is 21.1. The van der Waals surface area contributed by atoms with Crippen molar-refractivity contribution in [3.05, 3.63) is 89.7 Å². The van der Waals surface area contributed by atoms with Gasteiger partial charge in [-0.05, 0) is 55.0 Å². The Morgan fingerprint density at radius 1 is 0.960 bits per heavy atom. The maximum atomic E-state index is 13.7. The summed E-state index contributed by atoms with van der Waals surface area (Å²) >= 11 is 0.648. The number of aliphatic hydroxyl groups excluding tert-OH is 1. The van der Waals surface area contributed by atoms with Crippen LogP contribution in [0.3, 0.4) is 0 Å². The second kappa shape index (κ2) is 13.9. The monoisotopic (exact) mass is 733 g/mol. The molecule has 1 fully saturated rings. The number of thioether (sulfide) groups is 1. The van der Waals surface area contributed by atoms with Gasteiger partial charge in [0.25, 0.3) is 0 Å². The van der Waals surface area contributed by atoms with Gasteiger partial charge < -0.3 is 9.84 Å². The molecule has 0 saturated carbocycles. The molecule has 1 aliphatic heterocycles. The summed E-state index contributed by atoms with van der Waals surface area (Å²) in [7, 11) is 1.52. The standard InChI is InChI=1S/C30H24F9N7O3S/c1-16(17-3-5-18(6-4-17)25-40-15-45(42-25)20-8-10-21(11-9-20)49-30(37,38)39)44(2)43-26(48)41-27-46(24(47)14-50-27)23-13-19(28(31,32)33)7-12-22(23)29(34,35)36/h3-13,15-16,26,43,48H,14H2,1-2H3. The van der Waals surface area contributed by atoms with Gasteiger partial charge in [0.05, 0.1) is 28.3 Å². The molecule has 266 valence electrons. The number of rotatable bonds is 9. The van der Waals surface area contributed by atoms with Gasteiger partial charge in [-0.1, -0.05) is 36.0 Å². The van der Waals surface area contributed by atoms with E-state index in [1.54, 1.807) is 31.2 Å². The zero-order valence-electron chi connectivity index (χ0n) is 25.5. The Balaban J connectivity index is 1.27. The summed E-state index contributed by atoms with van der Waals surface area (Å²) in [5.41, 5.74) is 0.374. The average molecular weight is 734 g/mol. The Morgan fingerprint density at radius 3 is 2.22 bits per heavy atom. The van der Waals surface area contributed by atoms with Crippen LogP contribution in [0, 0.1) is 0 Å². The highest BCUT2D eigenvalue weighted by Gasteiger charge is 2.42. The number of carbonyl (C=O) groups is 1. The van der Waals surface area contributed by atoms with Gasteiger partial charge in [-0.3, -0.25) is 9.69 Å². The van der Waals surface area contributed by atoms with Gasteiger partial charge in [0.15, 0.2) is 11.0 Å². The van der Waals surface area contributed by atoms with E-state index in [2.05, 4.69) is 25.2 Å². The zero-order valence-corrected chi connectivity index (χ0v) is 26.4. The number of aliphatic hydroxyl groups is 1. The molecule has 0 spiro atoms. The number of carbonyl (C=O) groups excluding carboxylic acids is 1. The number of ether oxygens (including phenoxy) is 1. The third kappa shape index (κ3) is 8.55. The summed E-state index contributed by atoms with van der Waals surface area (Å²) in [6, 6.07) is 12.1. The van der Waals surface area contributed by atoms with Crippen molar-refractivity contribution in [2.75, 3.05) is 17.7 Å². The predicted octanol–water partition coefficient (Wildman–Crippen LogP) is 6.78. The third-order valence-corrected chi connectivity index (χ3v) is 8.19. The molecule has 10 nitrogen and oxygen atoms in total. The molecule has 0 bridgehead atoms. The molecule has 1 aliphatic rings. The SMILES string of the molecule is CC(c1ccc(-c2ncn(-c3ccc(OC(F)(F)F)cc3)n2)cc1)N(C)NC(O)N=C1SCC(=O)N1c1cc(C(F)(F)F)ccc1C(F)(F)F. The summed E-state index contributed by atoms with van der Waals surface area (Å²) in [5, 5.41) is 15.9. The number of aliphatic imine (C=N–C) groups is 1. The van der Waals surface area contributed by atoms with Crippen LogP contribution >= 0.6 is 11.8 Å². The highest BCUT2D eigenvalue weighted by atomic mass is 32.2. The average Bonchev–Trinajstić information content (AvgIpc) is 3.66. The quantitative estimate of drug-likeness (QED) is 0.110. The van der Waals surface area contributed by atoms with Gasteiger partial charge in [-0.25, -0.2) is 25.1 Å². The predicted molar refractivity (Wildman–Crippen MR) is 163 cm³/mol. The third-order valence-electron chi connectivity index (χ3n) is 7.25. The Morgan fingerprint density at radius 2 is 1.62 bits per heavy atom. The van der Waals surface area contributed by atoms with E-state index >= 15 is 0 Å². The topological polar surface area (TPSA) is 108 Å². The lowest BCUT2D eigenvalue weighted by Gasteiger charge is -2.28. The van der Waals surface area contributed by atoms with E-state index < -0.39 is 70.5 Å². The highest BCUT2D eigenvalue weighted by Crippen LogP contribution is 2.42. The summed E-state index contributed by atoms with van der Waals surface area (Å²) in [6.45, 7) is 1.74. The van der Waals surface area contributed by atoms with Crippen LogP contribution in [-0.4, -0.2) is 61.5 Å². The highest BCUT2D eigenvalue weighted by molar-refractivity contribution is 8.15. The molecule has 20 heteroatoms. The summed E-state index contributed by atoms with van der Waals surface area (Å²) < 4.78 is 124. The molecular formula is C30H24F9N7O3S. The number of hydrazine groups is 1. The molecular weight excluding hydrogens is 709 g/mol. The van der Waals surface area contributed by atoms with Crippen LogP contribution < -0.4 is 15.1 Å². The van der Waals surface area contributed by atoms with E-state index in [4.69, 9.17) is 0 Å². The summed E-state index contributed by atoms with van der Waals surface area (Å²) in [6.07, 6.45) is -15.4. The van der Waals surface area contributed by atoms with E-state index in [1.165, 1.54) is 35.2 Å². The van der Waals surface area contributed by atoms with Crippen LogP contribution in [-0.2, 0) is 17.1 Å². The van der Waals surface area contributed by atoms with Gasteiger partial charge in [-0.2, -0.15) is 26.3 Å². The summed E-state index contributed by atoms with van der Waals surface area (Å²) in [5.74, 6) is -1.47. The second-order valence-electron chi connectivity index (χ2n) is 10.6. The van der Waals surface area contributed by atoms with Crippen molar-refractivity contribution < 1.29 is 54.2 Å². The first-order chi connectivity index (χ1) is 23.3. The van der Waals surface area contributed by atoms with Crippen molar-refractivity contribution in [1.29, 1.82) is 0 Å². The van der Waals surface area contributed by atoms with Crippen molar-refractivity contribution >= 4 is 28.5 Å². The second-order valence-corrected chi connectivity index (χ2v) is 11.6. The Bertz CT molecular complexity index is 1860. The number of hydrogen-bond donors (Lipinski definition) is 2. The molecule has 0 aliphatic carbocycles. The molecule has 1 saturated heterocycles. The van der Waals surface area contributed by atoms with Crippen LogP contribution in [0.5, 0.6) is 5.75 Å². The minimum absolute atomic E-state index is 0.216. The first-order valence-electron chi connectivity index (χ1n) is 14.2. The number of anilines is 1. The smallest absolute Gasteiger partial charge is 0.406 e. The van der Waals surface area contributed by atoms with Crippen molar-refractivity contribution in [2.24, 2.45) is 4.99 Å². The van der Waals surface area contributed by atoms with Crippen LogP contribution in [0.2, 0.25) is 0 Å². The van der Waals surface area contributed by atoms with Crippen molar-refractivity contribution in [1.82, 2.24) is 25.2 Å². The Kier molecular flexibility index (Phi) is 10.2. The number of hydrogen-bond acceptors (Lipinski definition) is 9. The molecule has 1 amide bonds. The van der Waals surface area contributed by atoms with E-state index in [9.17, 15) is 49.4 Å². The number of alkyl halides is 9. The lowest BCUT2D eigenvalue weighted by atomic mass is 10.1. The molecule has 1 aromatic heterocycles. The molecule has 3 aromatic carbocycles. The first-order valence-corrected chi connectivity index (χ1v) is 15.2. The molecule has 0 radical (unpaired) electrons. The number of amides is 1.